The molecular weight excluding hydrogens is 56.0 g/mol. The van der Waals surface area contributed by atoms with E-state index in [9.17, 15) is 0 Å². The summed E-state index contributed by atoms with van der Waals surface area (Å²) in [4.78, 5) is 0. The molecule has 0 amide bonds. The molecule has 2 N–H and O–H groups in total. The van der Waals surface area contributed by atoms with Gasteiger partial charge in [0.1, 0.15) is 0 Å². The highest BCUT2D eigenvalue weighted by Crippen LogP contribution is 1.39. The SMILES string of the molecule is [2H]OC([2H])([2H])C([2H])([2H])O[2H]. The van der Waals surface area contributed by atoms with E-state index in [-0.39, 0.29) is 0 Å². The van der Waals surface area contributed by atoms with Crippen molar-refractivity contribution < 1.29 is 15.7 Å². The second kappa shape index (κ2) is 2.92. The van der Waals surface area contributed by atoms with Crippen molar-refractivity contribution in [2.24, 2.45) is 0 Å². The molecule has 0 aromatic heterocycles. The molecule has 0 saturated carbocycles. The Morgan fingerprint density at radius 3 is 2.50 bits per heavy atom. The lowest BCUT2D eigenvalue weighted by Gasteiger charge is -1.70. The number of rotatable bonds is 3. The summed E-state index contributed by atoms with van der Waals surface area (Å²) in [6, 6.07) is 0. The molecule has 4 heavy (non-hydrogen) atoms. The van der Waals surface area contributed by atoms with Crippen molar-refractivity contribution in [1.82, 2.24) is 0 Å². The molecule has 0 aliphatic heterocycles. The van der Waals surface area contributed by atoms with Gasteiger partial charge >= 0.3 is 0 Å². The minimum atomic E-state index is -2.92. The second-order valence-electron chi connectivity index (χ2n) is 0.204. The van der Waals surface area contributed by atoms with Gasteiger partial charge in [-0.1, -0.05) is 0 Å². The number of hydrogen-bond donors (Lipinski definition) is 2. The summed E-state index contributed by atoms with van der Waals surface area (Å²) in [6.45, 7) is -5.84. The zero-order valence-corrected chi connectivity index (χ0v) is 1.82. The lowest BCUT2D eigenvalue weighted by molar-refractivity contribution is 0.186. The topological polar surface area (TPSA) is 40.5 Å². The van der Waals surface area contributed by atoms with Crippen molar-refractivity contribution in [3.05, 3.63) is 0 Å². The third kappa shape index (κ3) is 1.92. The summed E-state index contributed by atoms with van der Waals surface area (Å²) in [5.41, 5.74) is 0. The van der Waals surface area contributed by atoms with Crippen molar-refractivity contribution in [1.29, 1.82) is 2.86 Å². The standard InChI is InChI=1S/C2H6O2/c3-1-2-4/h3-4H,1-2H2/i1D2,2D2,3D,4D. The van der Waals surface area contributed by atoms with E-state index in [4.69, 9.17) is 8.35 Å². The zero-order chi connectivity index (χ0) is 8.41. The summed E-state index contributed by atoms with van der Waals surface area (Å²) in [6.07, 6.45) is 0. The lowest BCUT2D eigenvalue weighted by Crippen LogP contribution is -1.85. The first-order valence-electron chi connectivity index (χ1n) is 3.47. The van der Waals surface area contributed by atoms with Gasteiger partial charge in [0.25, 0.3) is 0 Å². The maximum Gasteiger partial charge on any atom is 0.210 e. The van der Waals surface area contributed by atoms with E-state index in [1.807, 2.05) is 0 Å². The molecule has 26 valence electrons. The molecule has 0 rings (SSSR count). The van der Waals surface area contributed by atoms with E-state index in [2.05, 4.69) is 10.2 Å². The van der Waals surface area contributed by atoms with Crippen LogP contribution in [0, 0.1) is 0 Å². The molecule has 0 aliphatic rings. The molecule has 2 nitrogen and oxygen atoms in total. The number of hydrogen-bond acceptors (Lipinski definition) is 2. The third-order valence-electron chi connectivity index (χ3n) is 0.0417. The predicted molar refractivity (Wildman–Crippen MR) is 14.2 cm³/mol. The van der Waals surface area contributed by atoms with Crippen LogP contribution in [0.5, 0.6) is 0 Å². The van der Waals surface area contributed by atoms with Crippen LogP contribution in [0.2, 0.25) is 0 Å². The summed E-state index contributed by atoms with van der Waals surface area (Å²) in [7, 11) is 0. The molecule has 0 spiro atoms. The first-order valence-corrected chi connectivity index (χ1v) is 0.658. The van der Waals surface area contributed by atoms with Crippen LogP contribution in [-0.4, -0.2) is 26.2 Å². The van der Waals surface area contributed by atoms with E-state index in [0.717, 1.165) is 0 Å². The summed E-state index contributed by atoms with van der Waals surface area (Å²) >= 11 is 0. The van der Waals surface area contributed by atoms with Crippen LogP contribution in [0.25, 0.3) is 0 Å². The van der Waals surface area contributed by atoms with Crippen LogP contribution in [0.15, 0.2) is 0 Å². The third-order valence-corrected chi connectivity index (χ3v) is 0.0417. The first kappa shape index (κ1) is 0.420. The van der Waals surface area contributed by atoms with Crippen molar-refractivity contribution >= 4 is 0 Å². The first-order chi connectivity index (χ1) is 4.37. The van der Waals surface area contributed by atoms with Crippen LogP contribution in [0.4, 0.5) is 0 Å². The summed E-state index contributed by atoms with van der Waals surface area (Å²) in [5, 5.41) is 6.71. The van der Waals surface area contributed by atoms with Crippen molar-refractivity contribution in [2.45, 2.75) is 0 Å². The fraction of sp³-hybridized carbons (Fsp3) is 1.00. The summed E-state index contributed by atoms with van der Waals surface area (Å²) < 4.78 is 38.6. The monoisotopic (exact) mass is 68.1 g/mol. The van der Waals surface area contributed by atoms with Crippen LogP contribution in [-0.2, 0) is 0 Å². The van der Waals surface area contributed by atoms with Crippen LogP contribution < -0.4 is 0 Å². The number of aliphatic hydroxyl groups is 2. The van der Waals surface area contributed by atoms with E-state index in [1.165, 1.54) is 0 Å². The molecule has 0 unspecified atom stereocenters. The van der Waals surface area contributed by atoms with E-state index >= 15 is 0 Å². The molecule has 0 atom stereocenters. The molecule has 0 radical (unpaired) electrons. The van der Waals surface area contributed by atoms with Gasteiger partial charge in [0.05, 0.1) is 18.6 Å². The normalized spacial score (nSPS) is 36.0. The second-order valence-corrected chi connectivity index (χ2v) is 0.204. The van der Waals surface area contributed by atoms with Crippen LogP contribution in [0.1, 0.15) is 5.48 Å². The van der Waals surface area contributed by atoms with Gasteiger partial charge in [-0.25, -0.2) is 0 Å². The Bertz CT molecular complexity index is 98.3. The average molecular weight is 68.1 g/mol. The molecule has 0 fully saturated rings. The van der Waals surface area contributed by atoms with E-state index in [0.29, 0.717) is 0 Å². The Hall–Kier alpha value is -0.0800. The van der Waals surface area contributed by atoms with Gasteiger partial charge in [-0.3, -0.25) is 0 Å². The Morgan fingerprint density at radius 2 is 2.25 bits per heavy atom. The summed E-state index contributed by atoms with van der Waals surface area (Å²) in [5.74, 6) is 0. The molecule has 0 saturated heterocycles. The van der Waals surface area contributed by atoms with Gasteiger partial charge in [-0.05, 0) is 0 Å². The maximum atomic E-state index is 6.61. The Kier molecular flexibility index (Phi) is 0.307. The van der Waals surface area contributed by atoms with Gasteiger partial charge in [0.15, 0.2) is 0 Å². The highest BCUT2D eigenvalue weighted by Gasteiger charge is 1.58. The molecule has 2 heteroatoms. The Morgan fingerprint density at radius 1 is 1.75 bits per heavy atom. The maximum absolute atomic E-state index is 6.61. The van der Waals surface area contributed by atoms with Crippen LogP contribution in [0.3, 0.4) is 0 Å². The predicted octanol–water partition coefficient (Wildman–Crippen LogP) is -1.03. The van der Waals surface area contributed by atoms with E-state index in [1.54, 1.807) is 0 Å². The highest BCUT2D eigenvalue weighted by atomic mass is 16.3. The van der Waals surface area contributed by atoms with Crippen molar-refractivity contribution in [3.63, 3.8) is 0 Å². The zero-order valence-electron chi connectivity index (χ0n) is 7.82. The van der Waals surface area contributed by atoms with Gasteiger partial charge in [-0.15, -0.1) is 0 Å². The largest absolute Gasteiger partial charge is 0.394 e. The molecular formula is C2H6O2. The van der Waals surface area contributed by atoms with Gasteiger partial charge < -0.3 is 10.2 Å². The van der Waals surface area contributed by atoms with Gasteiger partial charge in [-0.2, -0.15) is 0 Å². The quantitative estimate of drug-likeness (QED) is 0.444. The molecule has 0 aromatic carbocycles. The fourth-order valence-corrected chi connectivity index (χ4v) is 0. The highest BCUT2D eigenvalue weighted by molar-refractivity contribution is 4.06. The molecule has 0 aromatic rings. The minimum absolute atomic E-state index is 2.92. The van der Waals surface area contributed by atoms with Gasteiger partial charge in [0.2, 0.25) is 2.86 Å². The lowest BCUT2D eigenvalue weighted by atomic mass is 10.8. The molecule has 0 heterocycles. The molecule has 0 bridgehead atoms. The smallest absolute Gasteiger partial charge is 0.210 e. The fourth-order valence-electron chi connectivity index (χ4n) is 0. The average Bonchev–Trinajstić information content (AvgIpc) is 1.88. The Balaban J connectivity index is 4.28. The van der Waals surface area contributed by atoms with Crippen LogP contribution >= 0.6 is 0 Å². The van der Waals surface area contributed by atoms with Crippen molar-refractivity contribution in [3.8, 4) is 0 Å². The van der Waals surface area contributed by atoms with Crippen molar-refractivity contribution in [2.75, 3.05) is 13.1 Å². The molecule has 0 aliphatic carbocycles. The van der Waals surface area contributed by atoms with Gasteiger partial charge in [0, 0.05) is 0 Å². The van der Waals surface area contributed by atoms with E-state index < -0.39 is 13.1 Å². The Labute approximate surface area is 33.3 Å². The minimum Gasteiger partial charge on any atom is -0.394 e.